The molecule has 0 amide bonds. The molecule has 1 fully saturated rings. The van der Waals surface area contributed by atoms with E-state index in [1.165, 1.54) is 37.7 Å². The first-order valence-electron chi connectivity index (χ1n) is 6.55. The number of thiophene rings is 2. The fraction of sp³-hybridized carbons (Fsp3) is 0.600. The zero-order valence-electron chi connectivity index (χ0n) is 10.9. The van der Waals surface area contributed by atoms with Gasteiger partial charge in [-0.3, -0.25) is 0 Å². The van der Waals surface area contributed by atoms with Crippen LogP contribution in [0.3, 0.4) is 0 Å². The van der Waals surface area contributed by atoms with Gasteiger partial charge in [-0.2, -0.15) is 0 Å². The molecule has 0 nitrogen and oxygen atoms in total. The maximum Gasteiger partial charge on any atom is 0.0488 e. The highest BCUT2D eigenvalue weighted by Crippen LogP contribution is 2.45. The van der Waals surface area contributed by atoms with E-state index in [0.29, 0.717) is 5.41 Å². The minimum atomic E-state index is 0.580. The topological polar surface area (TPSA) is 0 Å². The molecular weight excluding hydrogens is 244 g/mol. The van der Waals surface area contributed by atoms with Gasteiger partial charge in [-0.15, -0.1) is 22.7 Å². The lowest BCUT2D eigenvalue weighted by atomic mass is 9.82. The van der Waals surface area contributed by atoms with Crippen molar-refractivity contribution in [3.8, 4) is 0 Å². The zero-order chi connectivity index (χ0) is 12.0. The summed E-state index contributed by atoms with van der Waals surface area (Å²) in [6.07, 6.45) is 7.03. The highest BCUT2D eigenvalue weighted by atomic mass is 32.1. The minimum absolute atomic E-state index is 0.580. The lowest BCUT2D eigenvalue weighted by molar-refractivity contribution is 0.335. The van der Waals surface area contributed by atoms with Gasteiger partial charge in [0.15, 0.2) is 0 Å². The predicted molar refractivity (Wildman–Crippen MR) is 79.5 cm³/mol. The van der Waals surface area contributed by atoms with Crippen molar-refractivity contribution in [2.75, 3.05) is 0 Å². The zero-order valence-corrected chi connectivity index (χ0v) is 12.6. The van der Waals surface area contributed by atoms with E-state index in [4.69, 9.17) is 0 Å². The molecule has 2 aromatic heterocycles. The van der Waals surface area contributed by atoms with E-state index in [1.807, 2.05) is 22.7 Å². The van der Waals surface area contributed by atoms with Crippen LogP contribution in [-0.4, -0.2) is 0 Å². The van der Waals surface area contributed by atoms with E-state index >= 15 is 0 Å². The summed E-state index contributed by atoms with van der Waals surface area (Å²) in [7, 11) is 0. The molecule has 1 saturated carbocycles. The molecular formula is C15H20S2. The highest BCUT2D eigenvalue weighted by molar-refractivity contribution is 7.27. The Bertz CT molecular complexity index is 539. The molecule has 0 radical (unpaired) electrons. The summed E-state index contributed by atoms with van der Waals surface area (Å²) in [5.41, 5.74) is 3.71. The number of hydrogen-bond acceptors (Lipinski definition) is 2. The van der Waals surface area contributed by atoms with Gasteiger partial charge in [0, 0.05) is 14.3 Å². The Labute approximate surface area is 112 Å². The van der Waals surface area contributed by atoms with Gasteiger partial charge in [-0.25, -0.2) is 0 Å². The molecule has 0 aliphatic heterocycles. The van der Waals surface area contributed by atoms with Crippen molar-refractivity contribution in [2.24, 2.45) is 5.41 Å². The Balaban J connectivity index is 2.02. The largest absolute Gasteiger partial charge is 0.142 e. The second-order valence-electron chi connectivity index (χ2n) is 5.91. The van der Waals surface area contributed by atoms with Crippen molar-refractivity contribution in [3.05, 3.63) is 21.4 Å². The van der Waals surface area contributed by atoms with Gasteiger partial charge in [-0.1, -0.05) is 19.8 Å². The van der Waals surface area contributed by atoms with Crippen molar-refractivity contribution < 1.29 is 0 Å². The van der Waals surface area contributed by atoms with Gasteiger partial charge in [0.2, 0.25) is 0 Å². The van der Waals surface area contributed by atoms with Gasteiger partial charge in [-0.05, 0) is 55.0 Å². The van der Waals surface area contributed by atoms with Crippen molar-refractivity contribution in [1.82, 2.24) is 0 Å². The van der Waals surface area contributed by atoms with E-state index in [0.717, 1.165) is 0 Å². The Morgan fingerprint density at radius 1 is 1.18 bits per heavy atom. The summed E-state index contributed by atoms with van der Waals surface area (Å²) in [6, 6.07) is 0. The average molecular weight is 264 g/mol. The van der Waals surface area contributed by atoms with Gasteiger partial charge in [0.25, 0.3) is 0 Å². The van der Waals surface area contributed by atoms with Crippen LogP contribution in [0.2, 0.25) is 0 Å². The number of rotatable bonds is 2. The Hall–Kier alpha value is -0.340. The van der Waals surface area contributed by atoms with Crippen LogP contribution in [0.25, 0.3) is 9.40 Å². The van der Waals surface area contributed by atoms with Crippen LogP contribution >= 0.6 is 22.7 Å². The summed E-state index contributed by atoms with van der Waals surface area (Å²) < 4.78 is 3.13. The summed E-state index contributed by atoms with van der Waals surface area (Å²) in [5, 5.41) is 2.32. The third-order valence-corrected chi connectivity index (χ3v) is 6.86. The van der Waals surface area contributed by atoms with E-state index in [1.54, 1.807) is 19.8 Å². The quantitative estimate of drug-likeness (QED) is 0.652. The van der Waals surface area contributed by atoms with Crippen LogP contribution < -0.4 is 0 Å². The highest BCUT2D eigenvalue weighted by Gasteiger charge is 2.30. The van der Waals surface area contributed by atoms with E-state index in [2.05, 4.69) is 26.2 Å². The molecule has 1 aliphatic rings. The Morgan fingerprint density at radius 2 is 1.88 bits per heavy atom. The normalized spacial score (nSPS) is 19.2. The van der Waals surface area contributed by atoms with E-state index in [-0.39, 0.29) is 0 Å². The van der Waals surface area contributed by atoms with Gasteiger partial charge in [0.05, 0.1) is 0 Å². The molecule has 2 aromatic rings. The molecule has 0 N–H and O–H groups in total. The molecule has 3 rings (SSSR count). The smallest absolute Gasteiger partial charge is 0.0488 e. The molecule has 2 heteroatoms. The second-order valence-corrected chi connectivity index (χ2v) is 8.01. The van der Waals surface area contributed by atoms with Crippen molar-refractivity contribution in [3.63, 3.8) is 0 Å². The molecule has 0 atom stereocenters. The monoisotopic (exact) mass is 264 g/mol. The van der Waals surface area contributed by atoms with Crippen LogP contribution in [0.5, 0.6) is 0 Å². The molecule has 92 valence electrons. The van der Waals surface area contributed by atoms with Crippen molar-refractivity contribution >= 4 is 32.1 Å². The standard InChI is InChI=1S/C15H20S2/c1-10-9-16-14-12(11(2)17-13(10)14)8-15(3)6-4-5-7-15/h9H,4-8H2,1-3H3. The van der Waals surface area contributed by atoms with Crippen molar-refractivity contribution in [2.45, 2.75) is 52.9 Å². The first-order chi connectivity index (χ1) is 8.09. The fourth-order valence-corrected chi connectivity index (χ4v) is 5.68. The Morgan fingerprint density at radius 3 is 2.59 bits per heavy atom. The molecule has 0 spiro atoms. The van der Waals surface area contributed by atoms with E-state index < -0.39 is 0 Å². The molecule has 0 unspecified atom stereocenters. The van der Waals surface area contributed by atoms with Crippen LogP contribution in [0, 0.1) is 19.3 Å². The van der Waals surface area contributed by atoms with Crippen molar-refractivity contribution in [1.29, 1.82) is 0 Å². The first kappa shape index (κ1) is 11.7. The second kappa shape index (κ2) is 4.10. The maximum absolute atomic E-state index is 2.49. The summed E-state index contributed by atoms with van der Waals surface area (Å²) in [6.45, 7) is 7.05. The molecule has 0 saturated heterocycles. The third kappa shape index (κ3) is 1.96. The average Bonchev–Trinajstić information content (AvgIpc) is 2.92. The number of hydrogen-bond donors (Lipinski definition) is 0. The van der Waals surface area contributed by atoms with Gasteiger partial charge in [0.1, 0.15) is 0 Å². The SMILES string of the molecule is Cc1sc2c(C)csc2c1CC1(C)CCCC1. The maximum atomic E-state index is 2.49. The minimum Gasteiger partial charge on any atom is -0.142 e. The summed E-state index contributed by atoms with van der Waals surface area (Å²) >= 11 is 3.96. The fourth-order valence-electron chi connectivity index (χ4n) is 3.18. The predicted octanol–water partition coefficient (Wildman–Crippen LogP) is 5.70. The Kier molecular flexibility index (Phi) is 2.83. The van der Waals surface area contributed by atoms with Crippen LogP contribution in [-0.2, 0) is 6.42 Å². The lowest BCUT2D eigenvalue weighted by Gasteiger charge is -2.23. The van der Waals surface area contributed by atoms with Crippen LogP contribution in [0.1, 0.15) is 48.6 Å². The lowest BCUT2D eigenvalue weighted by Crippen LogP contribution is -2.14. The molecule has 2 heterocycles. The van der Waals surface area contributed by atoms with Crippen LogP contribution in [0.15, 0.2) is 5.38 Å². The summed E-state index contributed by atoms with van der Waals surface area (Å²) in [5.74, 6) is 0. The van der Waals surface area contributed by atoms with Gasteiger partial charge >= 0.3 is 0 Å². The molecule has 0 bridgehead atoms. The third-order valence-electron chi connectivity index (χ3n) is 4.29. The van der Waals surface area contributed by atoms with Crippen LogP contribution in [0.4, 0.5) is 0 Å². The molecule has 1 aliphatic carbocycles. The summed E-state index contributed by atoms with van der Waals surface area (Å²) in [4.78, 5) is 1.56. The number of aryl methyl sites for hydroxylation is 2. The molecule has 0 aromatic carbocycles. The van der Waals surface area contributed by atoms with E-state index in [9.17, 15) is 0 Å². The van der Waals surface area contributed by atoms with Gasteiger partial charge < -0.3 is 0 Å². The number of fused-ring (bicyclic) bond motifs is 1. The molecule has 17 heavy (non-hydrogen) atoms. The first-order valence-corrected chi connectivity index (χ1v) is 8.25.